The number of benzene rings is 1. The summed E-state index contributed by atoms with van der Waals surface area (Å²) in [7, 11) is 0. The number of thiazole rings is 1. The number of carbonyl (C=O) groups excluding carboxylic acids is 1. The van der Waals surface area contributed by atoms with E-state index in [0.717, 1.165) is 40.2 Å². The van der Waals surface area contributed by atoms with Crippen LogP contribution in [0.5, 0.6) is 0 Å². The van der Waals surface area contributed by atoms with Gasteiger partial charge in [-0.1, -0.05) is 23.7 Å². The maximum atomic E-state index is 12.6. The highest BCUT2D eigenvalue weighted by Crippen LogP contribution is 2.23. The van der Waals surface area contributed by atoms with Gasteiger partial charge in [-0.3, -0.25) is 9.78 Å². The molecule has 3 heterocycles. The lowest BCUT2D eigenvalue weighted by Gasteiger charge is -2.36. The van der Waals surface area contributed by atoms with E-state index >= 15 is 0 Å². The zero-order chi connectivity index (χ0) is 18.6. The van der Waals surface area contributed by atoms with Crippen LogP contribution in [0.3, 0.4) is 0 Å². The van der Waals surface area contributed by atoms with Crippen molar-refractivity contribution in [2.24, 2.45) is 0 Å². The number of carbonyl (C=O) groups is 1. The Morgan fingerprint density at radius 2 is 1.96 bits per heavy atom. The summed E-state index contributed by atoms with van der Waals surface area (Å²) in [5.41, 5.74) is 2.76. The van der Waals surface area contributed by atoms with Crippen molar-refractivity contribution < 1.29 is 4.79 Å². The van der Waals surface area contributed by atoms with Crippen molar-refractivity contribution in [3.8, 4) is 10.7 Å². The van der Waals surface area contributed by atoms with Crippen LogP contribution in [0, 0.1) is 0 Å². The highest BCUT2D eigenvalue weighted by molar-refractivity contribution is 7.13. The molecule has 3 aromatic rings. The Balaban J connectivity index is 1.34. The second-order valence-corrected chi connectivity index (χ2v) is 7.68. The minimum absolute atomic E-state index is 0.124. The maximum absolute atomic E-state index is 12.6. The quantitative estimate of drug-likeness (QED) is 0.671. The van der Waals surface area contributed by atoms with E-state index in [1.807, 2.05) is 46.7 Å². The number of aromatic nitrogens is 2. The van der Waals surface area contributed by atoms with Gasteiger partial charge in [0.05, 0.1) is 17.8 Å². The van der Waals surface area contributed by atoms with Gasteiger partial charge in [-0.2, -0.15) is 0 Å². The number of halogens is 1. The SMILES string of the molecule is O=C(Cc1csc(-c2ccccn2)n1)N1CCN(c2cccc(Cl)c2)CC1. The van der Waals surface area contributed by atoms with E-state index in [4.69, 9.17) is 11.6 Å². The summed E-state index contributed by atoms with van der Waals surface area (Å²) >= 11 is 7.60. The number of hydrogen-bond donors (Lipinski definition) is 0. The summed E-state index contributed by atoms with van der Waals surface area (Å²) in [5.74, 6) is 0.124. The molecule has 0 N–H and O–H groups in total. The van der Waals surface area contributed by atoms with Crippen molar-refractivity contribution in [1.82, 2.24) is 14.9 Å². The molecule has 0 atom stereocenters. The monoisotopic (exact) mass is 398 g/mol. The van der Waals surface area contributed by atoms with Crippen molar-refractivity contribution in [3.05, 3.63) is 64.8 Å². The third-order valence-corrected chi connectivity index (χ3v) is 5.72. The summed E-state index contributed by atoms with van der Waals surface area (Å²) in [4.78, 5) is 25.7. The molecule has 0 saturated carbocycles. The Morgan fingerprint density at radius 3 is 2.70 bits per heavy atom. The lowest BCUT2D eigenvalue weighted by atomic mass is 10.2. The second kappa shape index (κ2) is 8.06. The maximum Gasteiger partial charge on any atom is 0.228 e. The lowest BCUT2D eigenvalue weighted by molar-refractivity contribution is -0.130. The van der Waals surface area contributed by atoms with Crippen LogP contribution in [0.2, 0.25) is 5.02 Å². The first kappa shape index (κ1) is 17.9. The molecule has 0 aliphatic carbocycles. The molecule has 1 fully saturated rings. The fraction of sp³-hybridized carbons (Fsp3) is 0.250. The molecule has 0 bridgehead atoms. The third kappa shape index (κ3) is 4.28. The van der Waals surface area contributed by atoms with E-state index < -0.39 is 0 Å². The number of nitrogens with zero attached hydrogens (tertiary/aromatic N) is 4. The van der Waals surface area contributed by atoms with Crippen molar-refractivity contribution in [2.45, 2.75) is 6.42 Å². The largest absolute Gasteiger partial charge is 0.368 e. The molecule has 1 aliphatic rings. The average Bonchev–Trinajstić information content (AvgIpc) is 3.17. The van der Waals surface area contributed by atoms with Gasteiger partial charge in [0, 0.05) is 48.5 Å². The zero-order valence-electron chi connectivity index (χ0n) is 14.7. The first-order valence-electron chi connectivity index (χ1n) is 8.83. The van der Waals surface area contributed by atoms with Crippen LogP contribution in [0.25, 0.3) is 10.7 Å². The zero-order valence-corrected chi connectivity index (χ0v) is 16.3. The lowest BCUT2D eigenvalue weighted by Crippen LogP contribution is -2.49. The fourth-order valence-electron chi connectivity index (χ4n) is 3.15. The van der Waals surface area contributed by atoms with Gasteiger partial charge < -0.3 is 9.80 Å². The van der Waals surface area contributed by atoms with Gasteiger partial charge in [0.15, 0.2) is 0 Å². The molecule has 1 saturated heterocycles. The number of rotatable bonds is 4. The Kier molecular flexibility index (Phi) is 5.36. The van der Waals surface area contributed by atoms with Crippen LogP contribution in [0.15, 0.2) is 54.0 Å². The van der Waals surface area contributed by atoms with E-state index in [2.05, 4.69) is 20.9 Å². The molecule has 1 amide bonds. The Labute approximate surface area is 167 Å². The summed E-state index contributed by atoms with van der Waals surface area (Å²) in [6.45, 7) is 3.04. The van der Waals surface area contributed by atoms with Crippen molar-refractivity contribution >= 4 is 34.5 Å². The molecule has 27 heavy (non-hydrogen) atoms. The van der Waals surface area contributed by atoms with Crippen LogP contribution in [-0.4, -0.2) is 47.0 Å². The molecular formula is C20H19ClN4OS. The minimum atomic E-state index is 0.124. The predicted molar refractivity (Wildman–Crippen MR) is 109 cm³/mol. The molecule has 0 unspecified atom stereocenters. The van der Waals surface area contributed by atoms with Gasteiger partial charge in [-0.25, -0.2) is 4.98 Å². The van der Waals surface area contributed by atoms with Gasteiger partial charge >= 0.3 is 0 Å². The summed E-state index contributed by atoms with van der Waals surface area (Å²) in [6.07, 6.45) is 2.08. The molecule has 0 spiro atoms. The van der Waals surface area contributed by atoms with E-state index in [0.29, 0.717) is 19.5 Å². The van der Waals surface area contributed by atoms with Gasteiger partial charge in [0.25, 0.3) is 0 Å². The number of piperazine rings is 1. The summed E-state index contributed by atoms with van der Waals surface area (Å²) in [6, 6.07) is 13.6. The van der Waals surface area contributed by atoms with Crippen LogP contribution in [0.1, 0.15) is 5.69 Å². The molecule has 2 aromatic heterocycles. The Morgan fingerprint density at radius 1 is 1.11 bits per heavy atom. The van der Waals surface area contributed by atoms with Crippen molar-refractivity contribution in [1.29, 1.82) is 0 Å². The molecule has 1 aliphatic heterocycles. The molecule has 1 aromatic carbocycles. The van der Waals surface area contributed by atoms with E-state index in [1.54, 1.807) is 6.20 Å². The molecule has 4 rings (SSSR count). The van der Waals surface area contributed by atoms with Gasteiger partial charge in [-0.05, 0) is 30.3 Å². The Bertz CT molecular complexity index is 922. The molecule has 138 valence electrons. The minimum Gasteiger partial charge on any atom is -0.368 e. The predicted octanol–water partition coefficient (Wildman–Crippen LogP) is 3.75. The second-order valence-electron chi connectivity index (χ2n) is 6.38. The van der Waals surface area contributed by atoms with Crippen LogP contribution in [-0.2, 0) is 11.2 Å². The molecule has 7 heteroatoms. The van der Waals surface area contributed by atoms with Crippen LogP contribution >= 0.6 is 22.9 Å². The van der Waals surface area contributed by atoms with Gasteiger partial charge in [-0.15, -0.1) is 11.3 Å². The average molecular weight is 399 g/mol. The van der Waals surface area contributed by atoms with Crippen LogP contribution < -0.4 is 4.90 Å². The van der Waals surface area contributed by atoms with Gasteiger partial charge in [0.2, 0.25) is 5.91 Å². The Hall–Kier alpha value is -2.44. The first-order valence-corrected chi connectivity index (χ1v) is 10.1. The topological polar surface area (TPSA) is 49.3 Å². The fourth-order valence-corrected chi connectivity index (χ4v) is 4.13. The highest BCUT2D eigenvalue weighted by Gasteiger charge is 2.22. The van der Waals surface area contributed by atoms with Crippen LogP contribution in [0.4, 0.5) is 5.69 Å². The van der Waals surface area contributed by atoms with Crippen molar-refractivity contribution in [2.75, 3.05) is 31.1 Å². The van der Waals surface area contributed by atoms with Crippen molar-refractivity contribution in [3.63, 3.8) is 0 Å². The number of pyridine rings is 1. The number of amides is 1. The highest BCUT2D eigenvalue weighted by atomic mass is 35.5. The third-order valence-electron chi connectivity index (χ3n) is 4.57. The normalized spacial score (nSPS) is 14.4. The number of hydrogen-bond acceptors (Lipinski definition) is 5. The van der Waals surface area contributed by atoms with E-state index in [9.17, 15) is 4.79 Å². The molecule has 0 radical (unpaired) electrons. The summed E-state index contributed by atoms with van der Waals surface area (Å²) < 4.78 is 0. The van der Waals surface area contributed by atoms with Gasteiger partial charge in [0.1, 0.15) is 5.01 Å². The standard InChI is InChI=1S/C20H19ClN4OS/c21-15-4-3-5-17(12-15)24-8-10-25(11-9-24)19(26)13-16-14-27-20(23-16)18-6-1-2-7-22-18/h1-7,12,14H,8-11,13H2. The molecule has 5 nitrogen and oxygen atoms in total. The first-order chi connectivity index (χ1) is 13.2. The molecular weight excluding hydrogens is 380 g/mol. The van der Waals surface area contributed by atoms with E-state index in [-0.39, 0.29) is 5.91 Å². The number of anilines is 1. The van der Waals surface area contributed by atoms with E-state index in [1.165, 1.54) is 11.3 Å². The summed E-state index contributed by atoms with van der Waals surface area (Å²) in [5, 5.41) is 3.53. The smallest absolute Gasteiger partial charge is 0.228 e.